The summed E-state index contributed by atoms with van der Waals surface area (Å²) in [5.41, 5.74) is 4.02. The van der Waals surface area contributed by atoms with E-state index >= 15 is 0 Å². The first kappa shape index (κ1) is 25.1. The summed E-state index contributed by atoms with van der Waals surface area (Å²) in [6.07, 6.45) is 8.65. The molecule has 1 atom stereocenters. The fourth-order valence-corrected chi connectivity index (χ4v) is 4.74. The van der Waals surface area contributed by atoms with Crippen molar-refractivity contribution in [3.05, 3.63) is 47.8 Å². The van der Waals surface area contributed by atoms with E-state index in [9.17, 15) is 5.26 Å². The maximum absolute atomic E-state index is 9.79. The number of aromatic amines is 1. The number of morpholine rings is 1. The van der Waals surface area contributed by atoms with E-state index in [2.05, 4.69) is 32.0 Å². The molecule has 0 saturated carbocycles. The summed E-state index contributed by atoms with van der Waals surface area (Å²) in [7, 11) is 0. The van der Waals surface area contributed by atoms with Crippen LogP contribution in [0.15, 0.2) is 41.7 Å². The predicted molar refractivity (Wildman–Crippen MR) is 143 cm³/mol. The molecule has 37 heavy (non-hydrogen) atoms. The third-order valence-corrected chi connectivity index (χ3v) is 6.90. The van der Waals surface area contributed by atoms with Gasteiger partial charge in [-0.15, -0.1) is 0 Å². The van der Waals surface area contributed by atoms with Crippen LogP contribution in [-0.2, 0) is 9.47 Å². The molecular formula is C28H32N6O3. The second-order valence-corrected chi connectivity index (χ2v) is 9.32. The van der Waals surface area contributed by atoms with Gasteiger partial charge in [-0.05, 0) is 29.3 Å². The van der Waals surface area contributed by atoms with Crippen molar-refractivity contribution in [3.8, 4) is 22.9 Å². The van der Waals surface area contributed by atoms with Crippen molar-refractivity contribution in [1.29, 1.82) is 10.7 Å². The Hall–Kier alpha value is -3.58. The number of hydrogen-bond donors (Lipinski definition) is 2. The third kappa shape index (κ3) is 6.05. The Bertz CT molecular complexity index is 1280. The molecule has 2 N–H and O–H groups in total. The molecule has 4 heterocycles. The van der Waals surface area contributed by atoms with Gasteiger partial charge >= 0.3 is 0 Å². The normalized spacial score (nSPS) is 18.1. The number of pyridine rings is 1. The lowest BCUT2D eigenvalue weighted by atomic mass is 9.99. The Labute approximate surface area is 216 Å². The molecule has 2 aliphatic rings. The van der Waals surface area contributed by atoms with Gasteiger partial charge in [0.2, 0.25) is 0 Å². The Kier molecular flexibility index (Phi) is 8.21. The highest BCUT2D eigenvalue weighted by Crippen LogP contribution is 2.33. The number of aromatic nitrogens is 2. The SMILES string of the molecule is N#Cc1cc(-c2c[nH]c3ncc(C(C=N)C=NCCN4CCOCC4)cc23)ccc1OC1CCOCC1. The molecule has 0 amide bonds. The minimum absolute atomic E-state index is 0.0696. The van der Waals surface area contributed by atoms with Crippen molar-refractivity contribution in [2.24, 2.45) is 4.99 Å². The van der Waals surface area contributed by atoms with Crippen LogP contribution in [-0.4, -0.2) is 86.0 Å². The minimum atomic E-state index is -0.255. The Morgan fingerprint density at radius 3 is 2.81 bits per heavy atom. The van der Waals surface area contributed by atoms with Crippen molar-refractivity contribution in [2.45, 2.75) is 24.9 Å². The van der Waals surface area contributed by atoms with E-state index in [1.807, 2.05) is 30.6 Å². The number of nitrogens with one attached hydrogen (secondary N) is 2. The van der Waals surface area contributed by atoms with Crippen molar-refractivity contribution in [1.82, 2.24) is 14.9 Å². The number of nitriles is 1. The number of H-pyrrole nitrogens is 1. The first-order valence-corrected chi connectivity index (χ1v) is 12.8. The molecule has 0 bridgehead atoms. The number of benzene rings is 1. The van der Waals surface area contributed by atoms with Crippen molar-refractivity contribution in [2.75, 3.05) is 52.6 Å². The van der Waals surface area contributed by atoms with Gasteiger partial charge in [-0.25, -0.2) is 4.98 Å². The van der Waals surface area contributed by atoms with E-state index in [4.69, 9.17) is 19.6 Å². The molecule has 0 aliphatic carbocycles. The number of aliphatic imine (C=N–C) groups is 1. The molecule has 2 fully saturated rings. The highest BCUT2D eigenvalue weighted by molar-refractivity contribution is 5.96. The molecule has 2 aliphatic heterocycles. The Balaban J connectivity index is 1.33. The predicted octanol–water partition coefficient (Wildman–Crippen LogP) is 3.80. The van der Waals surface area contributed by atoms with E-state index in [-0.39, 0.29) is 12.0 Å². The number of rotatable bonds is 9. The number of fused-ring (bicyclic) bond motifs is 1. The fraction of sp³-hybridized carbons (Fsp3) is 0.429. The summed E-state index contributed by atoms with van der Waals surface area (Å²) in [6.45, 7) is 6.38. The largest absolute Gasteiger partial charge is 0.489 e. The number of nitrogens with zero attached hydrogens (tertiary/aromatic N) is 4. The minimum Gasteiger partial charge on any atom is -0.489 e. The standard InChI is InChI=1S/C28H32N6O3/c29-15-21-13-20(1-2-27(21)37-24-3-9-35-10-4-24)26-19-33-28-25(26)14-22(18-32-28)23(16-30)17-31-5-6-34-7-11-36-12-8-34/h1-2,13-14,16-19,23-24,30H,3-12H2,(H,32,33). The van der Waals surface area contributed by atoms with E-state index in [1.54, 1.807) is 6.20 Å². The zero-order valence-corrected chi connectivity index (χ0v) is 20.9. The zero-order valence-electron chi connectivity index (χ0n) is 20.9. The molecule has 0 radical (unpaired) electrons. The molecule has 2 saturated heterocycles. The van der Waals surface area contributed by atoms with Crippen molar-refractivity contribution in [3.63, 3.8) is 0 Å². The van der Waals surface area contributed by atoms with E-state index in [0.717, 1.165) is 73.4 Å². The van der Waals surface area contributed by atoms with Gasteiger partial charge in [0, 0.05) is 68.2 Å². The van der Waals surface area contributed by atoms with E-state index < -0.39 is 0 Å². The van der Waals surface area contributed by atoms with Crippen LogP contribution in [0.3, 0.4) is 0 Å². The van der Waals surface area contributed by atoms with Gasteiger partial charge in [0.1, 0.15) is 23.6 Å². The van der Waals surface area contributed by atoms with Gasteiger partial charge in [-0.2, -0.15) is 5.26 Å². The van der Waals surface area contributed by atoms with E-state index in [1.165, 1.54) is 6.21 Å². The second kappa shape index (κ2) is 12.1. The van der Waals surface area contributed by atoms with Gasteiger partial charge in [0.05, 0.1) is 44.5 Å². The number of ether oxygens (including phenoxy) is 3. The van der Waals surface area contributed by atoms with Gasteiger partial charge in [0.15, 0.2) is 0 Å². The van der Waals surface area contributed by atoms with Crippen LogP contribution < -0.4 is 4.74 Å². The van der Waals surface area contributed by atoms with Crippen LogP contribution in [0.25, 0.3) is 22.2 Å². The molecule has 0 spiro atoms. The Morgan fingerprint density at radius 1 is 1.22 bits per heavy atom. The lowest BCUT2D eigenvalue weighted by Crippen LogP contribution is -2.37. The van der Waals surface area contributed by atoms with Gasteiger partial charge in [-0.1, -0.05) is 6.07 Å². The first-order valence-electron chi connectivity index (χ1n) is 12.8. The quantitative estimate of drug-likeness (QED) is 0.432. The van der Waals surface area contributed by atoms with Crippen LogP contribution in [0, 0.1) is 16.7 Å². The maximum Gasteiger partial charge on any atom is 0.137 e. The van der Waals surface area contributed by atoms with Crippen molar-refractivity contribution >= 4 is 23.5 Å². The van der Waals surface area contributed by atoms with Gasteiger partial charge in [0.25, 0.3) is 0 Å². The topological polar surface area (TPSA) is 120 Å². The average molecular weight is 501 g/mol. The summed E-state index contributed by atoms with van der Waals surface area (Å²) in [5.74, 6) is 0.350. The Morgan fingerprint density at radius 2 is 2.03 bits per heavy atom. The van der Waals surface area contributed by atoms with Crippen molar-refractivity contribution < 1.29 is 14.2 Å². The van der Waals surface area contributed by atoms with Gasteiger partial charge < -0.3 is 24.6 Å². The lowest BCUT2D eigenvalue weighted by molar-refractivity contribution is 0.0254. The summed E-state index contributed by atoms with van der Waals surface area (Å²) in [5, 5.41) is 18.7. The maximum atomic E-state index is 9.79. The van der Waals surface area contributed by atoms with Gasteiger partial charge in [-0.3, -0.25) is 9.89 Å². The molecule has 9 heteroatoms. The third-order valence-electron chi connectivity index (χ3n) is 6.90. The summed E-state index contributed by atoms with van der Waals surface area (Å²) < 4.78 is 16.9. The van der Waals surface area contributed by atoms with Crippen LogP contribution in [0.5, 0.6) is 5.75 Å². The summed E-state index contributed by atoms with van der Waals surface area (Å²) in [6, 6.07) is 10.1. The van der Waals surface area contributed by atoms with Crippen LogP contribution >= 0.6 is 0 Å². The molecule has 2 aromatic heterocycles. The smallest absolute Gasteiger partial charge is 0.137 e. The highest BCUT2D eigenvalue weighted by Gasteiger charge is 2.18. The van der Waals surface area contributed by atoms with Crippen LogP contribution in [0.4, 0.5) is 0 Å². The lowest BCUT2D eigenvalue weighted by Gasteiger charge is -2.25. The first-order chi connectivity index (χ1) is 18.2. The zero-order chi connectivity index (χ0) is 25.5. The highest BCUT2D eigenvalue weighted by atomic mass is 16.5. The summed E-state index contributed by atoms with van der Waals surface area (Å²) >= 11 is 0. The van der Waals surface area contributed by atoms with E-state index in [0.29, 0.717) is 31.1 Å². The molecule has 192 valence electrons. The number of hydrogen-bond acceptors (Lipinski definition) is 8. The monoisotopic (exact) mass is 500 g/mol. The molecule has 5 rings (SSSR count). The fourth-order valence-electron chi connectivity index (χ4n) is 4.74. The van der Waals surface area contributed by atoms with Crippen LogP contribution in [0.2, 0.25) is 0 Å². The molecular weight excluding hydrogens is 468 g/mol. The molecule has 3 aromatic rings. The summed E-state index contributed by atoms with van der Waals surface area (Å²) in [4.78, 5) is 14.8. The molecule has 9 nitrogen and oxygen atoms in total. The molecule has 1 unspecified atom stereocenters. The molecule has 1 aromatic carbocycles. The average Bonchev–Trinajstić information content (AvgIpc) is 3.38. The second-order valence-electron chi connectivity index (χ2n) is 9.32. The van der Waals surface area contributed by atoms with Crippen LogP contribution in [0.1, 0.15) is 29.9 Å².